The molecular weight excluding hydrogens is 475 g/mol. The maximum absolute atomic E-state index is 12.9. The van der Waals surface area contributed by atoms with Crippen molar-refractivity contribution in [1.29, 1.82) is 0 Å². The van der Waals surface area contributed by atoms with Crippen molar-refractivity contribution >= 4 is 35.3 Å². The van der Waals surface area contributed by atoms with Crippen LogP contribution in [-0.4, -0.2) is 38.2 Å². The van der Waals surface area contributed by atoms with Crippen LogP contribution in [0.3, 0.4) is 0 Å². The Morgan fingerprint density at radius 1 is 1.03 bits per heavy atom. The van der Waals surface area contributed by atoms with Crippen LogP contribution >= 0.6 is 11.6 Å². The number of ether oxygens (including phenoxy) is 4. The SMILES string of the molecule is COC(=O)C(=Cc1cc(Cl)c(Oc2ccc(C(F)(F)F)cc2[N+](=O)[O-])c(OC)c1)C(=O)OC. The van der Waals surface area contributed by atoms with E-state index in [1.54, 1.807) is 0 Å². The Labute approximate surface area is 189 Å². The van der Waals surface area contributed by atoms with Gasteiger partial charge in [0.2, 0.25) is 5.75 Å². The molecule has 2 rings (SSSR count). The Morgan fingerprint density at radius 2 is 1.64 bits per heavy atom. The lowest BCUT2D eigenvalue weighted by Crippen LogP contribution is -2.15. The summed E-state index contributed by atoms with van der Waals surface area (Å²) in [6.45, 7) is 0. The summed E-state index contributed by atoms with van der Waals surface area (Å²) >= 11 is 6.19. The highest BCUT2D eigenvalue weighted by Gasteiger charge is 2.33. The topological polar surface area (TPSA) is 114 Å². The Balaban J connectivity index is 2.56. The maximum Gasteiger partial charge on any atom is 0.416 e. The van der Waals surface area contributed by atoms with E-state index in [9.17, 15) is 32.9 Å². The minimum atomic E-state index is -4.80. The first-order chi connectivity index (χ1) is 15.4. The molecule has 0 spiro atoms. The van der Waals surface area contributed by atoms with Gasteiger partial charge >= 0.3 is 23.8 Å². The summed E-state index contributed by atoms with van der Waals surface area (Å²) in [5.41, 5.74) is -2.49. The van der Waals surface area contributed by atoms with E-state index >= 15 is 0 Å². The van der Waals surface area contributed by atoms with E-state index in [2.05, 4.69) is 9.47 Å². The molecule has 0 atom stereocenters. The van der Waals surface area contributed by atoms with E-state index in [0.717, 1.165) is 26.4 Å². The van der Waals surface area contributed by atoms with Gasteiger partial charge in [0.15, 0.2) is 11.5 Å². The lowest BCUT2D eigenvalue weighted by molar-refractivity contribution is -0.385. The van der Waals surface area contributed by atoms with Crippen LogP contribution in [0.25, 0.3) is 6.08 Å². The third kappa shape index (κ3) is 5.92. The molecule has 0 radical (unpaired) electrons. The van der Waals surface area contributed by atoms with Crippen LogP contribution in [0.4, 0.5) is 18.9 Å². The number of benzene rings is 2. The van der Waals surface area contributed by atoms with Crippen LogP contribution in [0, 0.1) is 10.1 Å². The molecule has 0 aromatic heterocycles. The molecule has 0 unspecified atom stereocenters. The number of alkyl halides is 3. The highest BCUT2D eigenvalue weighted by molar-refractivity contribution is 6.32. The standard InChI is InChI=1S/C20H15ClF3NO8/c1-30-16-8-10(6-12(18(26)31-2)19(27)32-3)7-13(21)17(16)33-15-5-4-11(20(22,23)24)9-14(15)25(28)29/h4-9H,1-3H3. The van der Waals surface area contributed by atoms with Crippen molar-refractivity contribution in [2.75, 3.05) is 21.3 Å². The van der Waals surface area contributed by atoms with Crippen molar-refractivity contribution in [1.82, 2.24) is 0 Å². The quantitative estimate of drug-likeness (QED) is 0.136. The first-order valence-electron chi connectivity index (χ1n) is 8.72. The molecule has 9 nitrogen and oxygen atoms in total. The van der Waals surface area contributed by atoms with E-state index in [-0.39, 0.29) is 22.1 Å². The first kappa shape index (κ1) is 25.5. The van der Waals surface area contributed by atoms with Crippen LogP contribution in [-0.2, 0) is 25.2 Å². The van der Waals surface area contributed by atoms with Crippen molar-refractivity contribution in [2.24, 2.45) is 0 Å². The average Bonchev–Trinajstić information content (AvgIpc) is 2.77. The fourth-order valence-electron chi connectivity index (χ4n) is 2.54. The Morgan fingerprint density at radius 3 is 2.12 bits per heavy atom. The second-order valence-electron chi connectivity index (χ2n) is 6.11. The highest BCUT2D eigenvalue weighted by atomic mass is 35.5. The van der Waals surface area contributed by atoms with Crippen molar-refractivity contribution < 1.29 is 46.6 Å². The van der Waals surface area contributed by atoms with E-state index in [0.29, 0.717) is 12.1 Å². The van der Waals surface area contributed by atoms with Crippen molar-refractivity contribution in [3.8, 4) is 17.2 Å². The molecule has 0 aliphatic heterocycles. The molecule has 0 fully saturated rings. The van der Waals surface area contributed by atoms with Crippen LogP contribution < -0.4 is 9.47 Å². The van der Waals surface area contributed by atoms with Gasteiger partial charge in [-0.05, 0) is 35.9 Å². The van der Waals surface area contributed by atoms with E-state index in [1.807, 2.05) is 0 Å². The van der Waals surface area contributed by atoms with Gasteiger partial charge in [-0.15, -0.1) is 0 Å². The predicted octanol–water partition coefficient (Wildman–Crippen LogP) is 4.80. The summed E-state index contributed by atoms with van der Waals surface area (Å²) in [6.07, 6.45) is -3.71. The molecule has 13 heteroatoms. The van der Waals surface area contributed by atoms with Gasteiger partial charge in [-0.3, -0.25) is 10.1 Å². The summed E-state index contributed by atoms with van der Waals surface area (Å²) in [6, 6.07) is 4.20. The summed E-state index contributed by atoms with van der Waals surface area (Å²) in [7, 11) is 3.32. The fraction of sp³-hybridized carbons (Fsp3) is 0.200. The minimum absolute atomic E-state index is 0.1000. The Bertz CT molecular complexity index is 1110. The van der Waals surface area contributed by atoms with Gasteiger partial charge in [0, 0.05) is 6.07 Å². The highest BCUT2D eigenvalue weighted by Crippen LogP contribution is 2.43. The minimum Gasteiger partial charge on any atom is -0.493 e. The molecule has 0 saturated carbocycles. The summed E-state index contributed by atoms with van der Waals surface area (Å²) in [4.78, 5) is 33.9. The third-order valence-corrected chi connectivity index (χ3v) is 4.35. The zero-order chi connectivity index (χ0) is 24.9. The van der Waals surface area contributed by atoms with Crippen molar-refractivity contribution in [2.45, 2.75) is 6.18 Å². The molecule has 0 amide bonds. The maximum atomic E-state index is 12.9. The predicted molar refractivity (Wildman–Crippen MR) is 108 cm³/mol. The molecule has 0 aliphatic carbocycles. The fourth-order valence-corrected chi connectivity index (χ4v) is 2.80. The number of nitro groups is 1. The zero-order valence-electron chi connectivity index (χ0n) is 17.2. The van der Waals surface area contributed by atoms with Crippen LogP contribution in [0.1, 0.15) is 11.1 Å². The molecule has 33 heavy (non-hydrogen) atoms. The Kier molecular flexibility index (Phi) is 7.88. The van der Waals surface area contributed by atoms with Gasteiger partial charge in [0.05, 0.1) is 36.8 Å². The number of halogens is 4. The number of hydrogen-bond donors (Lipinski definition) is 0. The second kappa shape index (κ2) is 10.2. The molecule has 0 N–H and O–H groups in total. The number of esters is 2. The van der Waals surface area contributed by atoms with Gasteiger partial charge in [-0.1, -0.05) is 11.6 Å². The van der Waals surface area contributed by atoms with Crippen molar-refractivity contribution in [3.63, 3.8) is 0 Å². The number of carbonyl (C=O) groups excluding carboxylic acids is 2. The molecule has 0 aliphatic rings. The molecule has 0 bridgehead atoms. The number of carbonyl (C=O) groups is 2. The lowest BCUT2D eigenvalue weighted by Gasteiger charge is -2.14. The van der Waals surface area contributed by atoms with Gasteiger partial charge in [-0.25, -0.2) is 9.59 Å². The van der Waals surface area contributed by atoms with Crippen LogP contribution in [0.2, 0.25) is 5.02 Å². The molecule has 2 aromatic rings. The average molecular weight is 490 g/mol. The molecule has 2 aromatic carbocycles. The number of methoxy groups -OCH3 is 3. The Hall–Kier alpha value is -3.80. The van der Waals surface area contributed by atoms with Gasteiger partial charge in [-0.2, -0.15) is 13.2 Å². The number of nitro benzene ring substituents is 1. The summed E-state index contributed by atoms with van der Waals surface area (Å²) < 4.78 is 58.4. The molecule has 0 saturated heterocycles. The van der Waals surface area contributed by atoms with E-state index < -0.39 is 45.6 Å². The van der Waals surface area contributed by atoms with E-state index in [1.165, 1.54) is 19.2 Å². The number of rotatable bonds is 7. The number of nitrogens with zero attached hydrogens (tertiary/aromatic N) is 1. The zero-order valence-corrected chi connectivity index (χ0v) is 17.9. The lowest BCUT2D eigenvalue weighted by atomic mass is 10.1. The monoisotopic (exact) mass is 489 g/mol. The largest absolute Gasteiger partial charge is 0.493 e. The number of hydrogen-bond acceptors (Lipinski definition) is 8. The third-order valence-electron chi connectivity index (χ3n) is 4.07. The summed E-state index contributed by atoms with van der Waals surface area (Å²) in [5, 5.41) is 11.1. The van der Waals surface area contributed by atoms with Crippen molar-refractivity contribution in [3.05, 3.63) is 62.2 Å². The normalized spacial score (nSPS) is 10.8. The van der Waals surface area contributed by atoms with Gasteiger partial charge in [0.25, 0.3) is 0 Å². The summed E-state index contributed by atoms with van der Waals surface area (Å²) in [5.74, 6) is -2.86. The molecule has 0 heterocycles. The first-order valence-corrected chi connectivity index (χ1v) is 9.10. The smallest absolute Gasteiger partial charge is 0.416 e. The van der Waals surface area contributed by atoms with Crippen LogP contribution in [0.15, 0.2) is 35.9 Å². The van der Waals surface area contributed by atoms with E-state index in [4.69, 9.17) is 21.1 Å². The molecular formula is C20H15ClF3NO8. The van der Waals surface area contributed by atoms with Gasteiger partial charge in [0.1, 0.15) is 5.57 Å². The second-order valence-corrected chi connectivity index (χ2v) is 6.52. The van der Waals surface area contributed by atoms with Crippen LogP contribution in [0.5, 0.6) is 17.2 Å². The van der Waals surface area contributed by atoms with Gasteiger partial charge < -0.3 is 18.9 Å². The molecule has 176 valence electrons.